The minimum atomic E-state index is -0.677. The molecule has 7 heteroatoms. The molecular formula is C21H23FN2O4. The molecule has 28 heavy (non-hydrogen) atoms. The molecule has 2 aliphatic rings. The van der Waals surface area contributed by atoms with Crippen LogP contribution in [0.25, 0.3) is 11.3 Å². The number of benzene rings is 1. The zero-order valence-corrected chi connectivity index (χ0v) is 15.8. The maximum atomic E-state index is 14.0. The maximum absolute atomic E-state index is 14.0. The van der Waals surface area contributed by atoms with Crippen LogP contribution in [-0.4, -0.2) is 41.6 Å². The summed E-state index contributed by atoms with van der Waals surface area (Å²) < 4.78 is 24.4. The topological polar surface area (TPSA) is 72.6 Å². The van der Waals surface area contributed by atoms with Gasteiger partial charge in [0.1, 0.15) is 5.82 Å². The van der Waals surface area contributed by atoms with Crippen molar-refractivity contribution in [2.24, 2.45) is 5.92 Å². The lowest BCUT2D eigenvalue weighted by atomic mass is 9.93. The highest BCUT2D eigenvalue weighted by Gasteiger charge is 2.55. The molecule has 2 heterocycles. The Morgan fingerprint density at radius 2 is 2.00 bits per heavy atom. The average molecular weight is 386 g/mol. The summed E-state index contributed by atoms with van der Waals surface area (Å²) in [6, 6.07) is 8.01. The Morgan fingerprint density at radius 3 is 2.64 bits per heavy atom. The third kappa shape index (κ3) is 3.30. The first-order valence-corrected chi connectivity index (χ1v) is 9.73. The number of rotatable bonds is 5. The van der Waals surface area contributed by atoms with E-state index < -0.39 is 5.41 Å². The Labute approximate surface area is 162 Å². The molecule has 1 aliphatic heterocycles. The van der Waals surface area contributed by atoms with Gasteiger partial charge in [0.25, 0.3) is 0 Å². The molecule has 1 aromatic carbocycles. The predicted molar refractivity (Wildman–Crippen MR) is 98.7 cm³/mol. The average Bonchev–Trinajstić information content (AvgIpc) is 3.38. The number of likely N-dealkylation sites (tertiary alicyclic amines) is 1. The van der Waals surface area contributed by atoms with Crippen molar-refractivity contribution < 1.29 is 23.2 Å². The van der Waals surface area contributed by atoms with Gasteiger partial charge < -0.3 is 14.2 Å². The largest absolute Gasteiger partial charge is 0.466 e. The Hall–Kier alpha value is -2.70. The van der Waals surface area contributed by atoms with E-state index in [9.17, 15) is 14.0 Å². The second-order valence-electron chi connectivity index (χ2n) is 7.46. The molecule has 6 nitrogen and oxygen atoms in total. The van der Waals surface area contributed by atoms with Gasteiger partial charge in [0.2, 0.25) is 5.91 Å². The van der Waals surface area contributed by atoms with E-state index in [-0.39, 0.29) is 23.6 Å². The van der Waals surface area contributed by atoms with Gasteiger partial charge in [-0.15, -0.1) is 0 Å². The summed E-state index contributed by atoms with van der Waals surface area (Å²) in [4.78, 5) is 26.8. The summed E-state index contributed by atoms with van der Waals surface area (Å²) in [6.07, 6.45) is 2.62. The van der Waals surface area contributed by atoms with E-state index in [0.717, 1.165) is 0 Å². The molecular weight excluding hydrogens is 363 g/mol. The smallest absolute Gasteiger partial charge is 0.309 e. The van der Waals surface area contributed by atoms with Gasteiger partial charge in [-0.1, -0.05) is 17.3 Å². The van der Waals surface area contributed by atoms with E-state index in [1.54, 1.807) is 36.1 Å². The fourth-order valence-electron chi connectivity index (χ4n) is 3.87. The summed E-state index contributed by atoms with van der Waals surface area (Å²) in [5, 5.41) is 4.09. The number of esters is 1. The maximum Gasteiger partial charge on any atom is 0.309 e. The second-order valence-corrected chi connectivity index (χ2v) is 7.46. The zero-order valence-electron chi connectivity index (χ0n) is 15.8. The van der Waals surface area contributed by atoms with Gasteiger partial charge in [-0.25, -0.2) is 4.39 Å². The van der Waals surface area contributed by atoms with E-state index in [0.29, 0.717) is 62.4 Å². The van der Waals surface area contributed by atoms with Crippen LogP contribution in [0.1, 0.15) is 38.3 Å². The lowest BCUT2D eigenvalue weighted by molar-refractivity contribution is -0.151. The highest BCUT2D eigenvalue weighted by molar-refractivity contribution is 5.91. The molecule has 1 amide bonds. The number of hydrogen-bond acceptors (Lipinski definition) is 5. The number of nitrogens with zero attached hydrogens (tertiary/aromatic N) is 2. The molecule has 4 rings (SSSR count). The van der Waals surface area contributed by atoms with E-state index >= 15 is 0 Å². The van der Waals surface area contributed by atoms with Gasteiger partial charge in [0.15, 0.2) is 5.76 Å². The molecule has 0 spiro atoms. The molecule has 1 aromatic heterocycles. The van der Waals surface area contributed by atoms with Crippen LogP contribution in [0.4, 0.5) is 4.39 Å². The molecule has 0 radical (unpaired) electrons. The SMILES string of the molecule is CCOC(=O)C1CCN(C(=O)C2(c3cc(-c4ccccc4F)on3)CC2)CC1. The van der Waals surface area contributed by atoms with Crippen LogP contribution in [0.5, 0.6) is 0 Å². The number of carbonyl (C=O) groups excluding carboxylic acids is 2. The lowest BCUT2D eigenvalue weighted by Crippen LogP contribution is -2.45. The number of piperidine rings is 1. The van der Waals surface area contributed by atoms with Crippen molar-refractivity contribution in [3.8, 4) is 11.3 Å². The summed E-state index contributed by atoms with van der Waals surface area (Å²) in [5.74, 6) is -0.362. The van der Waals surface area contributed by atoms with E-state index in [4.69, 9.17) is 9.26 Å². The van der Waals surface area contributed by atoms with Crippen molar-refractivity contribution in [2.45, 2.75) is 38.0 Å². The van der Waals surface area contributed by atoms with Crippen LogP contribution in [0.3, 0.4) is 0 Å². The van der Waals surface area contributed by atoms with Gasteiger partial charge in [-0.2, -0.15) is 0 Å². The molecule has 0 N–H and O–H groups in total. The Morgan fingerprint density at radius 1 is 1.29 bits per heavy atom. The molecule has 2 fully saturated rings. The minimum Gasteiger partial charge on any atom is -0.466 e. The first-order chi connectivity index (χ1) is 13.5. The Balaban J connectivity index is 1.46. The zero-order chi connectivity index (χ0) is 19.7. The first-order valence-electron chi connectivity index (χ1n) is 9.73. The molecule has 1 aliphatic carbocycles. The lowest BCUT2D eigenvalue weighted by Gasteiger charge is -2.33. The number of hydrogen-bond donors (Lipinski definition) is 0. The molecule has 0 unspecified atom stereocenters. The van der Waals surface area contributed by atoms with Crippen molar-refractivity contribution in [2.75, 3.05) is 19.7 Å². The fourth-order valence-corrected chi connectivity index (χ4v) is 3.87. The highest BCUT2D eigenvalue weighted by Crippen LogP contribution is 2.50. The fraction of sp³-hybridized carbons (Fsp3) is 0.476. The van der Waals surface area contributed by atoms with Gasteiger partial charge in [0, 0.05) is 19.2 Å². The van der Waals surface area contributed by atoms with Crippen molar-refractivity contribution in [1.29, 1.82) is 0 Å². The summed E-state index contributed by atoms with van der Waals surface area (Å²) in [7, 11) is 0. The van der Waals surface area contributed by atoms with Gasteiger partial charge >= 0.3 is 5.97 Å². The van der Waals surface area contributed by atoms with Crippen LogP contribution in [-0.2, 0) is 19.7 Å². The molecule has 148 valence electrons. The molecule has 1 saturated carbocycles. The normalized spacial score (nSPS) is 18.7. The quantitative estimate of drug-likeness (QED) is 0.737. The monoisotopic (exact) mass is 386 g/mol. The number of ether oxygens (including phenoxy) is 1. The van der Waals surface area contributed by atoms with Crippen molar-refractivity contribution >= 4 is 11.9 Å². The number of halogens is 1. The van der Waals surface area contributed by atoms with Crippen LogP contribution in [0, 0.1) is 11.7 Å². The predicted octanol–water partition coefficient (Wildman–Crippen LogP) is 3.31. The van der Waals surface area contributed by atoms with Crippen molar-refractivity contribution in [3.05, 3.63) is 41.8 Å². The van der Waals surface area contributed by atoms with E-state index in [1.165, 1.54) is 6.07 Å². The summed E-state index contributed by atoms with van der Waals surface area (Å²) in [6.45, 7) is 3.22. The van der Waals surface area contributed by atoms with Gasteiger partial charge in [-0.3, -0.25) is 9.59 Å². The summed E-state index contributed by atoms with van der Waals surface area (Å²) >= 11 is 0. The van der Waals surface area contributed by atoms with Crippen LogP contribution < -0.4 is 0 Å². The van der Waals surface area contributed by atoms with Crippen molar-refractivity contribution in [3.63, 3.8) is 0 Å². The number of aromatic nitrogens is 1. The Kier molecular flexibility index (Phi) is 4.91. The molecule has 1 saturated heterocycles. The first kappa shape index (κ1) is 18.7. The third-order valence-corrected chi connectivity index (χ3v) is 5.70. The van der Waals surface area contributed by atoms with Gasteiger partial charge in [0.05, 0.1) is 29.2 Å². The van der Waals surface area contributed by atoms with E-state index in [1.807, 2.05) is 0 Å². The Bertz CT molecular complexity index is 882. The molecule has 0 bridgehead atoms. The van der Waals surface area contributed by atoms with Crippen LogP contribution >= 0.6 is 0 Å². The third-order valence-electron chi connectivity index (χ3n) is 5.70. The van der Waals surface area contributed by atoms with Crippen molar-refractivity contribution in [1.82, 2.24) is 10.1 Å². The number of amides is 1. The van der Waals surface area contributed by atoms with Crippen LogP contribution in [0.2, 0.25) is 0 Å². The summed E-state index contributed by atoms with van der Waals surface area (Å²) in [5.41, 5.74) is 0.215. The minimum absolute atomic E-state index is 0.0168. The van der Waals surface area contributed by atoms with E-state index in [2.05, 4.69) is 5.16 Å². The molecule has 0 atom stereocenters. The van der Waals surface area contributed by atoms with Gasteiger partial charge in [-0.05, 0) is 44.7 Å². The second kappa shape index (κ2) is 7.37. The highest BCUT2D eigenvalue weighted by atomic mass is 19.1. The standard InChI is InChI=1S/C21H23FN2O4/c1-2-27-19(25)14-7-11-24(12-8-14)20(26)21(9-10-21)18-13-17(28-23-18)15-5-3-4-6-16(15)22/h3-6,13-14H,2,7-12H2,1H3. The molecule has 2 aromatic rings. The number of carbonyl (C=O) groups is 2. The van der Waals surface area contributed by atoms with Crippen LogP contribution in [0.15, 0.2) is 34.9 Å².